The van der Waals surface area contributed by atoms with Crippen LogP contribution in [0.25, 0.3) is 0 Å². The molecule has 1 aliphatic rings. The quantitative estimate of drug-likeness (QED) is 0.624. The second kappa shape index (κ2) is 4.80. The lowest BCUT2D eigenvalue weighted by molar-refractivity contribution is 0.0199. The first kappa shape index (κ1) is 9.96. The van der Waals surface area contributed by atoms with Crippen LogP contribution < -0.4 is 5.32 Å². The van der Waals surface area contributed by atoms with Crippen molar-refractivity contribution >= 4 is 0 Å². The van der Waals surface area contributed by atoms with Crippen molar-refractivity contribution in [2.24, 2.45) is 0 Å². The average molecular weight is 173 g/mol. The molecule has 1 saturated heterocycles. The van der Waals surface area contributed by atoms with E-state index in [9.17, 15) is 0 Å². The largest absolute Gasteiger partial charge is 0.383 e. The maximum absolute atomic E-state index is 5.62. The van der Waals surface area contributed by atoms with Crippen molar-refractivity contribution in [2.45, 2.75) is 25.4 Å². The lowest BCUT2D eigenvalue weighted by atomic mass is 10.0. The third-order valence-electron chi connectivity index (χ3n) is 2.28. The lowest BCUT2D eigenvalue weighted by Gasteiger charge is -2.23. The van der Waals surface area contributed by atoms with Gasteiger partial charge in [0.2, 0.25) is 0 Å². The first-order valence-electron chi connectivity index (χ1n) is 4.60. The van der Waals surface area contributed by atoms with Crippen LogP contribution >= 0.6 is 0 Å². The number of methoxy groups -OCH3 is 1. The van der Waals surface area contributed by atoms with Crippen LogP contribution in [0.3, 0.4) is 0 Å². The predicted octanol–water partition coefficient (Wildman–Crippen LogP) is 0.791. The van der Waals surface area contributed by atoms with Crippen molar-refractivity contribution < 1.29 is 9.47 Å². The normalized spacial score (nSPS) is 29.5. The molecule has 1 unspecified atom stereocenters. The van der Waals surface area contributed by atoms with Crippen LogP contribution in [0.1, 0.15) is 19.8 Å². The van der Waals surface area contributed by atoms with Crippen molar-refractivity contribution in [2.75, 3.05) is 33.4 Å². The third kappa shape index (κ3) is 3.09. The van der Waals surface area contributed by atoms with Gasteiger partial charge in [-0.3, -0.25) is 0 Å². The Morgan fingerprint density at radius 2 is 2.42 bits per heavy atom. The third-order valence-corrected chi connectivity index (χ3v) is 2.28. The molecule has 1 heterocycles. The second-order valence-corrected chi connectivity index (χ2v) is 3.57. The molecule has 1 N–H and O–H groups in total. The number of rotatable bonds is 5. The fourth-order valence-corrected chi connectivity index (χ4v) is 1.50. The minimum atomic E-state index is 0.0771. The Morgan fingerprint density at radius 1 is 1.58 bits per heavy atom. The molecule has 3 heteroatoms. The standard InChI is InChI=1S/C9H19NO2/c1-9(4-3-6-12-9)8-10-5-7-11-2/h10H,3-8H2,1-2H3. The Bertz CT molecular complexity index is 122. The molecule has 0 amide bonds. The fourth-order valence-electron chi connectivity index (χ4n) is 1.50. The molecular formula is C9H19NO2. The van der Waals surface area contributed by atoms with Crippen LogP contribution in [0.5, 0.6) is 0 Å². The summed E-state index contributed by atoms with van der Waals surface area (Å²) in [5.74, 6) is 0. The van der Waals surface area contributed by atoms with Crippen LogP contribution in [-0.4, -0.2) is 39.0 Å². The summed E-state index contributed by atoms with van der Waals surface area (Å²) in [7, 11) is 1.72. The van der Waals surface area contributed by atoms with Gasteiger partial charge < -0.3 is 14.8 Å². The molecule has 1 fully saturated rings. The second-order valence-electron chi connectivity index (χ2n) is 3.57. The van der Waals surface area contributed by atoms with Gasteiger partial charge in [0.25, 0.3) is 0 Å². The maximum Gasteiger partial charge on any atom is 0.0779 e. The molecule has 0 aliphatic carbocycles. The Morgan fingerprint density at radius 3 is 3.00 bits per heavy atom. The van der Waals surface area contributed by atoms with E-state index in [0.29, 0.717) is 0 Å². The van der Waals surface area contributed by atoms with Crippen LogP contribution in [0.2, 0.25) is 0 Å². The van der Waals surface area contributed by atoms with Gasteiger partial charge in [-0.1, -0.05) is 0 Å². The van der Waals surface area contributed by atoms with Crippen molar-refractivity contribution in [3.8, 4) is 0 Å². The molecule has 0 aromatic rings. The molecule has 12 heavy (non-hydrogen) atoms. The zero-order chi connectivity index (χ0) is 8.86. The minimum Gasteiger partial charge on any atom is -0.383 e. The molecule has 0 radical (unpaired) electrons. The van der Waals surface area contributed by atoms with Gasteiger partial charge in [0, 0.05) is 26.8 Å². The van der Waals surface area contributed by atoms with E-state index in [1.807, 2.05) is 0 Å². The molecule has 1 aliphatic heterocycles. The number of nitrogens with one attached hydrogen (secondary N) is 1. The Kier molecular flexibility index (Phi) is 3.98. The summed E-state index contributed by atoms with van der Waals surface area (Å²) in [5, 5.41) is 3.32. The Labute approximate surface area is 74.4 Å². The van der Waals surface area contributed by atoms with Crippen LogP contribution in [0.15, 0.2) is 0 Å². The smallest absolute Gasteiger partial charge is 0.0779 e. The van der Waals surface area contributed by atoms with E-state index >= 15 is 0 Å². The van der Waals surface area contributed by atoms with Gasteiger partial charge in [-0.15, -0.1) is 0 Å². The highest BCUT2D eigenvalue weighted by atomic mass is 16.5. The fraction of sp³-hybridized carbons (Fsp3) is 1.00. The van der Waals surface area contributed by atoms with Gasteiger partial charge in [-0.05, 0) is 19.8 Å². The summed E-state index contributed by atoms with van der Waals surface area (Å²) in [6.07, 6.45) is 2.37. The van der Waals surface area contributed by atoms with Crippen LogP contribution in [0.4, 0.5) is 0 Å². The van der Waals surface area contributed by atoms with Gasteiger partial charge in [-0.2, -0.15) is 0 Å². The molecule has 0 aromatic heterocycles. The predicted molar refractivity (Wildman–Crippen MR) is 48.3 cm³/mol. The molecule has 0 bridgehead atoms. The van der Waals surface area contributed by atoms with E-state index in [0.717, 1.165) is 26.3 Å². The molecule has 1 atom stereocenters. The highest BCUT2D eigenvalue weighted by molar-refractivity contribution is 4.82. The number of ether oxygens (including phenoxy) is 2. The van der Waals surface area contributed by atoms with E-state index in [2.05, 4.69) is 12.2 Å². The van der Waals surface area contributed by atoms with E-state index in [4.69, 9.17) is 9.47 Å². The summed E-state index contributed by atoms with van der Waals surface area (Å²) in [5.41, 5.74) is 0.0771. The maximum atomic E-state index is 5.62. The molecule has 72 valence electrons. The van der Waals surface area contributed by atoms with Gasteiger partial charge in [0.15, 0.2) is 0 Å². The van der Waals surface area contributed by atoms with Crippen molar-refractivity contribution in [3.63, 3.8) is 0 Å². The Hall–Kier alpha value is -0.120. The van der Waals surface area contributed by atoms with Gasteiger partial charge in [0.1, 0.15) is 0 Å². The highest BCUT2D eigenvalue weighted by Gasteiger charge is 2.28. The van der Waals surface area contributed by atoms with Crippen LogP contribution in [-0.2, 0) is 9.47 Å². The minimum absolute atomic E-state index is 0.0771. The van der Waals surface area contributed by atoms with E-state index in [1.165, 1.54) is 12.8 Å². The first-order valence-corrected chi connectivity index (χ1v) is 4.60. The Balaban J connectivity index is 2.05. The summed E-state index contributed by atoms with van der Waals surface area (Å²) in [6.45, 7) is 5.71. The summed E-state index contributed by atoms with van der Waals surface area (Å²) in [4.78, 5) is 0. The molecule has 0 aromatic carbocycles. The molecule has 0 spiro atoms. The first-order chi connectivity index (χ1) is 5.77. The highest BCUT2D eigenvalue weighted by Crippen LogP contribution is 2.23. The van der Waals surface area contributed by atoms with E-state index < -0.39 is 0 Å². The van der Waals surface area contributed by atoms with E-state index in [-0.39, 0.29) is 5.60 Å². The molecule has 1 rings (SSSR count). The zero-order valence-electron chi connectivity index (χ0n) is 8.06. The zero-order valence-corrected chi connectivity index (χ0v) is 8.06. The van der Waals surface area contributed by atoms with Crippen molar-refractivity contribution in [1.29, 1.82) is 0 Å². The van der Waals surface area contributed by atoms with E-state index in [1.54, 1.807) is 7.11 Å². The topological polar surface area (TPSA) is 30.5 Å². The van der Waals surface area contributed by atoms with Crippen LogP contribution in [0, 0.1) is 0 Å². The van der Waals surface area contributed by atoms with Crippen molar-refractivity contribution in [1.82, 2.24) is 5.32 Å². The summed E-state index contributed by atoms with van der Waals surface area (Å²) < 4.78 is 10.6. The van der Waals surface area contributed by atoms with Gasteiger partial charge in [0.05, 0.1) is 12.2 Å². The molecule has 3 nitrogen and oxygen atoms in total. The van der Waals surface area contributed by atoms with Crippen molar-refractivity contribution in [3.05, 3.63) is 0 Å². The molecular weight excluding hydrogens is 154 g/mol. The molecule has 0 saturated carbocycles. The SMILES string of the molecule is COCCNCC1(C)CCCO1. The van der Waals surface area contributed by atoms with Gasteiger partial charge in [-0.25, -0.2) is 0 Å². The summed E-state index contributed by atoms with van der Waals surface area (Å²) in [6, 6.07) is 0. The number of hydrogen-bond donors (Lipinski definition) is 1. The monoisotopic (exact) mass is 173 g/mol. The summed E-state index contributed by atoms with van der Waals surface area (Å²) >= 11 is 0. The lowest BCUT2D eigenvalue weighted by Crippen LogP contribution is -2.38. The van der Waals surface area contributed by atoms with Gasteiger partial charge >= 0.3 is 0 Å². The number of hydrogen-bond acceptors (Lipinski definition) is 3. The average Bonchev–Trinajstić information content (AvgIpc) is 2.47.